The van der Waals surface area contributed by atoms with E-state index >= 15 is 0 Å². The summed E-state index contributed by atoms with van der Waals surface area (Å²) in [6, 6.07) is 4.06. The van der Waals surface area contributed by atoms with Crippen molar-refractivity contribution in [2.24, 2.45) is 0 Å². The van der Waals surface area contributed by atoms with Crippen molar-refractivity contribution in [1.29, 1.82) is 0 Å². The lowest BCUT2D eigenvalue weighted by Gasteiger charge is -2.16. The van der Waals surface area contributed by atoms with Crippen LogP contribution < -0.4 is 5.48 Å². The Hall–Kier alpha value is -0.900. The van der Waals surface area contributed by atoms with Crippen LogP contribution in [0.1, 0.15) is 28.4 Å². The van der Waals surface area contributed by atoms with E-state index in [1.54, 1.807) is 0 Å². The van der Waals surface area contributed by atoms with Crippen LogP contribution in [-0.4, -0.2) is 16.9 Å². The lowest BCUT2D eigenvalue weighted by atomic mass is 9.96. The van der Waals surface area contributed by atoms with E-state index in [-0.39, 0.29) is 6.54 Å². The molecule has 0 fully saturated rings. The summed E-state index contributed by atoms with van der Waals surface area (Å²) in [4.78, 5) is 0. The van der Waals surface area contributed by atoms with E-state index < -0.39 is 6.10 Å². The molecule has 3 heteroatoms. The predicted molar refractivity (Wildman–Crippen MR) is 55.4 cm³/mol. The third kappa shape index (κ3) is 2.32. The molecule has 1 aromatic carbocycles. The summed E-state index contributed by atoms with van der Waals surface area (Å²) in [5.74, 6) is 0. The molecule has 0 spiro atoms. The van der Waals surface area contributed by atoms with Crippen molar-refractivity contribution in [3.63, 3.8) is 0 Å². The van der Waals surface area contributed by atoms with Gasteiger partial charge in [-0.1, -0.05) is 17.7 Å². The zero-order valence-electron chi connectivity index (χ0n) is 8.83. The summed E-state index contributed by atoms with van der Waals surface area (Å²) in [5, 5.41) is 18.3. The maximum atomic E-state index is 9.75. The number of benzene rings is 1. The van der Waals surface area contributed by atoms with Gasteiger partial charge in [0.15, 0.2) is 0 Å². The number of rotatable bonds is 3. The Morgan fingerprint density at radius 1 is 1.21 bits per heavy atom. The van der Waals surface area contributed by atoms with Gasteiger partial charge in [0, 0.05) is 0 Å². The Labute approximate surface area is 84.3 Å². The molecular formula is C11H17NO2. The summed E-state index contributed by atoms with van der Waals surface area (Å²) in [5.41, 5.74) is 6.19. The molecule has 0 amide bonds. The SMILES string of the molecule is Cc1cc(C)c(C(O)CNO)c(C)c1. The first-order valence-corrected chi connectivity index (χ1v) is 4.69. The number of hydrogen-bond acceptors (Lipinski definition) is 3. The average Bonchev–Trinajstić information content (AvgIpc) is 2.01. The highest BCUT2D eigenvalue weighted by Gasteiger charge is 2.12. The van der Waals surface area contributed by atoms with E-state index in [0.29, 0.717) is 0 Å². The van der Waals surface area contributed by atoms with Crippen LogP contribution in [0.2, 0.25) is 0 Å². The summed E-state index contributed by atoms with van der Waals surface area (Å²) in [7, 11) is 0. The predicted octanol–water partition coefficient (Wildman–Crippen LogP) is 1.62. The largest absolute Gasteiger partial charge is 0.387 e. The van der Waals surface area contributed by atoms with Gasteiger partial charge in [-0.25, -0.2) is 5.48 Å². The fourth-order valence-electron chi connectivity index (χ4n) is 1.91. The van der Waals surface area contributed by atoms with Crippen LogP contribution >= 0.6 is 0 Å². The zero-order valence-corrected chi connectivity index (χ0v) is 8.83. The molecule has 0 bridgehead atoms. The Morgan fingerprint density at radius 2 is 1.71 bits per heavy atom. The molecule has 14 heavy (non-hydrogen) atoms. The fourth-order valence-corrected chi connectivity index (χ4v) is 1.91. The minimum Gasteiger partial charge on any atom is -0.387 e. The third-order valence-electron chi connectivity index (χ3n) is 2.36. The maximum Gasteiger partial charge on any atom is 0.0942 e. The van der Waals surface area contributed by atoms with Gasteiger partial charge in [0.25, 0.3) is 0 Å². The highest BCUT2D eigenvalue weighted by molar-refractivity contribution is 5.39. The molecule has 0 aliphatic rings. The average molecular weight is 195 g/mol. The van der Waals surface area contributed by atoms with Gasteiger partial charge in [-0.15, -0.1) is 0 Å². The summed E-state index contributed by atoms with van der Waals surface area (Å²) >= 11 is 0. The molecule has 0 aliphatic carbocycles. The van der Waals surface area contributed by atoms with Crippen LogP contribution in [0.5, 0.6) is 0 Å². The van der Waals surface area contributed by atoms with E-state index in [1.807, 2.05) is 38.4 Å². The Morgan fingerprint density at radius 3 is 2.14 bits per heavy atom. The van der Waals surface area contributed by atoms with Gasteiger partial charge in [0.05, 0.1) is 12.6 Å². The van der Waals surface area contributed by atoms with Gasteiger partial charge in [0.2, 0.25) is 0 Å². The van der Waals surface area contributed by atoms with E-state index in [0.717, 1.165) is 16.7 Å². The molecule has 78 valence electrons. The Balaban J connectivity index is 3.07. The topological polar surface area (TPSA) is 52.5 Å². The third-order valence-corrected chi connectivity index (χ3v) is 2.36. The lowest BCUT2D eigenvalue weighted by molar-refractivity contribution is 0.0915. The van der Waals surface area contributed by atoms with Crippen LogP contribution in [0.4, 0.5) is 0 Å². The van der Waals surface area contributed by atoms with Crippen molar-refractivity contribution in [1.82, 2.24) is 5.48 Å². The van der Waals surface area contributed by atoms with E-state index in [9.17, 15) is 5.11 Å². The molecule has 0 heterocycles. The molecule has 1 rings (SSSR count). The van der Waals surface area contributed by atoms with Gasteiger partial charge in [0.1, 0.15) is 0 Å². The second-order valence-corrected chi connectivity index (χ2v) is 3.69. The van der Waals surface area contributed by atoms with Crippen molar-refractivity contribution >= 4 is 0 Å². The molecule has 1 unspecified atom stereocenters. The first kappa shape index (κ1) is 11.2. The lowest BCUT2D eigenvalue weighted by Crippen LogP contribution is -2.19. The van der Waals surface area contributed by atoms with E-state index in [2.05, 4.69) is 0 Å². The summed E-state index contributed by atoms with van der Waals surface area (Å²) < 4.78 is 0. The van der Waals surface area contributed by atoms with Crippen LogP contribution in [0.25, 0.3) is 0 Å². The van der Waals surface area contributed by atoms with E-state index in [4.69, 9.17) is 5.21 Å². The maximum absolute atomic E-state index is 9.75. The standard InChI is InChI=1S/C11H17NO2/c1-7-4-8(2)11(9(3)5-7)10(13)6-12-14/h4-5,10,12-14H,6H2,1-3H3. The molecule has 0 saturated heterocycles. The molecule has 0 aliphatic heterocycles. The van der Waals surface area contributed by atoms with Crippen molar-refractivity contribution < 1.29 is 10.3 Å². The highest BCUT2D eigenvalue weighted by Crippen LogP contribution is 2.22. The quantitative estimate of drug-likeness (QED) is 0.642. The first-order chi connectivity index (χ1) is 6.56. The molecule has 0 saturated carbocycles. The Bertz CT molecular complexity index is 300. The molecule has 3 nitrogen and oxygen atoms in total. The first-order valence-electron chi connectivity index (χ1n) is 4.69. The number of hydrogen-bond donors (Lipinski definition) is 3. The summed E-state index contributed by atoms with van der Waals surface area (Å²) in [6.07, 6.45) is -0.652. The molecular weight excluding hydrogens is 178 g/mol. The number of aliphatic hydroxyl groups is 1. The smallest absolute Gasteiger partial charge is 0.0942 e. The van der Waals surface area contributed by atoms with Crippen molar-refractivity contribution in [3.05, 3.63) is 34.4 Å². The monoisotopic (exact) mass is 195 g/mol. The Kier molecular flexibility index (Phi) is 3.63. The zero-order chi connectivity index (χ0) is 10.7. The van der Waals surface area contributed by atoms with Crippen molar-refractivity contribution in [3.8, 4) is 0 Å². The van der Waals surface area contributed by atoms with Crippen molar-refractivity contribution in [2.75, 3.05) is 6.54 Å². The van der Waals surface area contributed by atoms with Crippen LogP contribution in [0, 0.1) is 20.8 Å². The molecule has 1 aromatic rings. The fraction of sp³-hybridized carbons (Fsp3) is 0.455. The van der Waals surface area contributed by atoms with Gasteiger partial charge in [-0.05, 0) is 37.5 Å². The van der Waals surface area contributed by atoms with Gasteiger partial charge < -0.3 is 10.3 Å². The van der Waals surface area contributed by atoms with Crippen molar-refractivity contribution in [2.45, 2.75) is 26.9 Å². The highest BCUT2D eigenvalue weighted by atomic mass is 16.5. The van der Waals surface area contributed by atoms with E-state index in [1.165, 1.54) is 5.56 Å². The second-order valence-electron chi connectivity index (χ2n) is 3.69. The summed E-state index contributed by atoms with van der Waals surface area (Å²) in [6.45, 7) is 6.12. The van der Waals surface area contributed by atoms with Gasteiger partial charge in [-0.3, -0.25) is 0 Å². The number of hydroxylamine groups is 1. The second kappa shape index (κ2) is 4.55. The number of nitrogens with one attached hydrogen (secondary N) is 1. The molecule has 0 radical (unpaired) electrons. The minimum atomic E-state index is -0.652. The molecule has 3 N–H and O–H groups in total. The minimum absolute atomic E-state index is 0.157. The van der Waals surface area contributed by atoms with Gasteiger partial charge >= 0.3 is 0 Å². The van der Waals surface area contributed by atoms with Crippen LogP contribution in [0.15, 0.2) is 12.1 Å². The number of aryl methyl sites for hydroxylation is 3. The normalized spacial score (nSPS) is 12.9. The molecule has 0 aromatic heterocycles. The molecule has 1 atom stereocenters. The van der Waals surface area contributed by atoms with Gasteiger partial charge in [-0.2, -0.15) is 0 Å². The number of aliphatic hydroxyl groups excluding tert-OH is 1. The van der Waals surface area contributed by atoms with Crippen LogP contribution in [0.3, 0.4) is 0 Å². The van der Waals surface area contributed by atoms with Crippen LogP contribution in [-0.2, 0) is 0 Å².